The number of hydrogen-bond acceptors (Lipinski definition) is 2. The van der Waals surface area contributed by atoms with Gasteiger partial charge in [-0.05, 0) is 29.8 Å². The molecule has 0 saturated heterocycles. The van der Waals surface area contributed by atoms with Crippen molar-refractivity contribution in [2.24, 2.45) is 0 Å². The maximum absolute atomic E-state index is 12.1. The standard InChI is InChI=1S/C21H24N2O.HI/c1-16(24)23(17-10-6-5-7-11-17)15-14-20-21(2,3)18-12-8-9-13-19(18)22(20)4;/h5-15,20H,1-4H3;1H. The molecule has 1 aliphatic rings. The second-order valence-corrected chi connectivity index (χ2v) is 6.86. The molecule has 0 aliphatic carbocycles. The van der Waals surface area contributed by atoms with Crippen LogP contribution in [0.3, 0.4) is 0 Å². The Labute approximate surface area is 167 Å². The summed E-state index contributed by atoms with van der Waals surface area (Å²) in [7, 11) is 2.11. The lowest BCUT2D eigenvalue weighted by Gasteiger charge is -2.30. The van der Waals surface area contributed by atoms with Crippen molar-refractivity contribution < 1.29 is 4.79 Å². The number of para-hydroxylation sites is 2. The second kappa shape index (κ2) is 7.60. The molecule has 0 saturated carbocycles. The van der Waals surface area contributed by atoms with Gasteiger partial charge in [0.25, 0.3) is 0 Å². The summed E-state index contributed by atoms with van der Waals surface area (Å²) < 4.78 is 0. The SMILES string of the molecule is CC(=O)N(C=CC1N(C)c2ccccc2C1(C)C)c1ccccc1.I. The van der Waals surface area contributed by atoms with E-state index >= 15 is 0 Å². The minimum atomic E-state index is -0.0129. The number of carbonyl (C=O) groups is 1. The molecule has 1 heterocycles. The maximum Gasteiger partial charge on any atom is 0.227 e. The number of likely N-dealkylation sites (N-methyl/N-ethyl adjacent to an activating group) is 1. The van der Waals surface area contributed by atoms with Gasteiger partial charge < -0.3 is 4.90 Å². The molecule has 0 spiro atoms. The minimum absolute atomic E-state index is 0. The summed E-state index contributed by atoms with van der Waals surface area (Å²) in [5.41, 5.74) is 3.47. The molecule has 1 aliphatic heterocycles. The lowest BCUT2D eigenvalue weighted by Crippen LogP contribution is -2.38. The smallest absolute Gasteiger partial charge is 0.227 e. The third-order valence-corrected chi connectivity index (χ3v) is 4.93. The van der Waals surface area contributed by atoms with Crippen LogP contribution in [0.2, 0.25) is 0 Å². The number of carbonyl (C=O) groups excluding carboxylic acids is 1. The fourth-order valence-electron chi connectivity index (χ4n) is 3.62. The number of rotatable bonds is 3. The first-order valence-corrected chi connectivity index (χ1v) is 8.28. The van der Waals surface area contributed by atoms with E-state index in [9.17, 15) is 4.79 Å². The van der Waals surface area contributed by atoms with Crippen LogP contribution in [0.1, 0.15) is 26.3 Å². The van der Waals surface area contributed by atoms with Crippen molar-refractivity contribution in [1.29, 1.82) is 0 Å². The number of anilines is 2. The number of hydrogen-bond donors (Lipinski definition) is 0. The van der Waals surface area contributed by atoms with Crippen molar-refractivity contribution >= 4 is 41.3 Å². The first-order valence-electron chi connectivity index (χ1n) is 8.28. The number of fused-ring (bicyclic) bond motifs is 1. The van der Waals surface area contributed by atoms with Crippen LogP contribution in [-0.4, -0.2) is 19.0 Å². The van der Waals surface area contributed by atoms with Gasteiger partial charge in [-0.2, -0.15) is 0 Å². The van der Waals surface area contributed by atoms with E-state index in [4.69, 9.17) is 0 Å². The molecule has 132 valence electrons. The molecular formula is C21H25IN2O. The molecule has 0 radical (unpaired) electrons. The normalized spacial score (nSPS) is 17.9. The summed E-state index contributed by atoms with van der Waals surface area (Å²) >= 11 is 0. The molecule has 0 aromatic heterocycles. The average molecular weight is 448 g/mol. The Morgan fingerprint density at radius 3 is 2.28 bits per heavy atom. The Morgan fingerprint density at radius 2 is 1.68 bits per heavy atom. The van der Waals surface area contributed by atoms with Gasteiger partial charge in [0.15, 0.2) is 0 Å². The molecule has 4 heteroatoms. The van der Waals surface area contributed by atoms with E-state index in [1.54, 1.807) is 11.8 Å². The maximum atomic E-state index is 12.1. The molecule has 2 aromatic rings. The molecule has 1 atom stereocenters. The number of amides is 1. The predicted molar refractivity (Wildman–Crippen MR) is 116 cm³/mol. The van der Waals surface area contributed by atoms with Crippen LogP contribution >= 0.6 is 24.0 Å². The monoisotopic (exact) mass is 448 g/mol. The van der Waals surface area contributed by atoms with Crippen LogP contribution in [0.5, 0.6) is 0 Å². The Morgan fingerprint density at radius 1 is 1.08 bits per heavy atom. The highest BCUT2D eigenvalue weighted by Gasteiger charge is 2.41. The Kier molecular flexibility index (Phi) is 5.93. The number of nitrogens with zero attached hydrogens (tertiary/aromatic N) is 2. The Hall–Kier alpha value is -1.82. The molecule has 0 fully saturated rings. The first kappa shape index (κ1) is 19.5. The third-order valence-electron chi connectivity index (χ3n) is 4.93. The summed E-state index contributed by atoms with van der Waals surface area (Å²) in [5, 5.41) is 0. The van der Waals surface area contributed by atoms with Crippen LogP contribution in [0.15, 0.2) is 66.9 Å². The van der Waals surface area contributed by atoms with Crippen molar-refractivity contribution in [3.63, 3.8) is 0 Å². The minimum Gasteiger partial charge on any atom is -0.367 e. The van der Waals surface area contributed by atoms with E-state index < -0.39 is 0 Å². The fourth-order valence-corrected chi connectivity index (χ4v) is 3.62. The summed E-state index contributed by atoms with van der Waals surface area (Å²) in [6, 6.07) is 18.5. The zero-order chi connectivity index (χ0) is 17.3. The van der Waals surface area contributed by atoms with Crippen molar-refractivity contribution in [2.75, 3.05) is 16.8 Å². The van der Waals surface area contributed by atoms with Gasteiger partial charge in [-0.3, -0.25) is 9.69 Å². The van der Waals surface area contributed by atoms with Crippen LogP contribution in [0, 0.1) is 0 Å². The van der Waals surface area contributed by atoms with Crippen LogP contribution in [-0.2, 0) is 10.2 Å². The average Bonchev–Trinajstić information content (AvgIpc) is 2.76. The molecule has 1 unspecified atom stereocenters. The molecule has 2 aromatic carbocycles. The Bertz CT molecular complexity index is 770. The van der Waals surface area contributed by atoms with E-state index in [-0.39, 0.29) is 41.3 Å². The highest BCUT2D eigenvalue weighted by molar-refractivity contribution is 14.0. The molecule has 25 heavy (non-hydrogen) atoms. The van der Waals surface area contributed by atoms with E-state index in [2.05, 4.69) is 56.1 Å². The zero-order valence-electron chi connectivity index (χ0n) is 15.1. The van der Waals surface area contributed by atoms with Gasteiger partial charge in [0, 0.05) is 37.0 Å². The fraction of sp³-hybridized carbons (Fsp3) is 0.286. The van der Waals surface area contributed by atoms with Crippen molar-refractivity contribution in [1.82, 2.24) is 0 Å². The number of halogens is 1. The Balaban J connectivity index is 0.00000225. The van der Waals surface area contributed by atoms with E-state index in [0.29, 0.717) is 0 Å². The van der Waals surface area contributed by atoms with Crippen LogP contribution in [0.25, 0.3) is 0 Å². The molecule has 0 bridgehead atoms. The molecule has 1 amide bonds. The summed E-state index contributed by atoms with van der Waals surface area (Å²) in [4.78, 5) is 16.1. The van der Waals surface area contributed by atoms with E-state index in [1.807, 2.05) is 36.5 Å². The van der Waals surface area contributed by atoms with E-state index in [1.165, 1.54) is 11.3 Å². The molecular weight excluding hydrogens is 423 g/mol. The molecule has 3 rings (SSSR count). The van der Waals surface area contributed by atoms with Gasteiger partial charge in [0.05, 0.1) is 6.04 Å². The lowest BCUT2D eigenvalue weighted by molar-refractivity contribution is -0.116. The van der Waals surface area contributed by atoms with Crippen LogP contribution < -0.4 is 9.80 Å². The van der Waals surface area contributed by atoms with Gasteiger partial charge in [0.1, 0.15) is 0 Å². The second-order valence-electron chi connectivity index (χ2n) is 6.86. The highest BCUT2D eigenvalue weighted by Crippen LogP contribution is 2.44. The lowest BCUT2D eigenvalue weighted by atomic mass is 9.80. The summed E-state index contributed by atoms with van der Waals surface area (Å²) in [6.45, 7) is 6.10. The van der Waals surface area contributed by atoms with Crippen molar-refractivity contribution in [3.05, 3.63) is 72.4 Å². The third kappa shape index (κ3) is 3.59. The van der Waals surface area contributed by atoms with Crippen molar-refractivity contribution in [3.8, 4) is 0 Å². The summed E-state index contributed by atoms with van der Waals surface area (Å²) in [5.74, 6) is 0.00780. The first-order chi connectivity index (χ1) is 11.4. The quantitative estimate of drug-likeness (QED) is 0.620. The van der Waals surface area contributed by atoms with E-state index in [0.717, 1.165) is 5.69 Å². The van der Waals surface area contributed by atoms with Crippen molar-refractivity contribution in [2.45, 2.75) is 32.2 Å². The van der Waals surface area contributed by atoms with Gasteiger partial charge in [-0.1, -0.05) is 50.2 Å². The zero-order valence-corrected chi connectivity index (χ0v) is 17.5. The van der Waals surface area contributed by atoms with Gasteiger partial charge >= 0.3 is 0 Å². The van der Waals surface area contributed by atoms with Gasteiger partial charge in [0.2, 0.25) is 5.91 Å². The topological polar surface area (TPSA) is 23.6 Å². The van der Waals surface area contributed by atoms with Crippen LogP contribution in [0.4, 0.5) is 11.4 Å². The highest BCUT2D eigenvalue weighted by atomic mass is 127. The summed E-state index contributed by atoms with van der Waals surface area (Å²) in [6.07, 6.45) is 4.04. The molecule has 0 N–H and O–H groups in total. The largest absolute Gasteiger partial charge is 0.367 e. The predicted octanol–water partition coefficient (Wildman–Crippen LogP) is 4.97. The number of benzene rings is 2. The van der Waals surface area contributed by atoms with Gasteiger partial charge in [-0.25, -0.2) is 0 Å². The van der Waals surface area contributed by atoms with Gasteiger partial charge in [-0.15, -0.1) is 24.0 Å². The molecule has 3 nitrogen and oxygen atoms in total.